The molecular weight excluding hydrogens is 316 g/mol. The maximum Gasteiger partial charge on any atom is 0.250 e. The van der Waals surface area contributed by atoms with Gasteiger partial charge in [0.25, 0.3) is 0 Å². The number of carbonyl (C=O) groups is 1. The summed E-state index contributed by atoms with van der Waals surface area (Å²) in [5.74, 6) is -0.166. The van der Waals surface area contributed by atoms with Crippen molar-refractivity contribution in [2.45, 2.75) is 26.3 Å². The lowest BCUT2D eigenvalue weighted by molar-refractivity contribution is -0.118. The largest absolute Gasteiger partial charge is 0.387 e. The van der Waals surface area contributed by atoms with Gasteiger partial charge in [0.05, 0.1) is 5.69 Å². The van der Waals surface area contributed by atoms with Gasteiger partial charge in [0.1, 0.15) is 11.8 Å². The molecule has 2 rings (SSSR count). The van der Waals surface area contributed by atoms with Gasteiger partial charge in [0, 0.05) is 30.5 Å². The van der Waals surface area contributed by atoms with Gasteiger partial charge in [-0.05, 0) is 24.1 Å². The molecule has 7 heteroatoms. The van der Waals surface area contributed by atoms with E-state index in [0.717, 1.165) is 16.9 Å². The molecule has 1 heterocycles. The number of benzene rings is 1. The number of aryl methyl sites for hydroxylation is 1. The normalized spacial score (nSPS) is 10.9. The van der Waals surface area contributed by atoms with E-state index in [1.165, 1.54) is 0 Å². The predicted octanol–water partition coefficient (Wildman–Crippen LogP) is 2.74. The summed E-state index contributed by atoms with van der Waals surface area (Å²) >= 11 is 6.32. The molecular formula is C16H21ClN4O2. The molecule has 0 unspecified atom stereocenters. The molecule has 6 nitrogen and oxygen atoms in total. The van der Waals surface area contributed by atoms with Gasteiger partial charge in [0.2, 0.25) is 5.91 Å². The van der Waals surface area contributed by atoms with E-state index in [0.29, 0.717) is 17.4 Å². The van der Waals surface area contributed by atoms with Crippen LogP contribution in [0.5, 0.6) is 0 Å². The van der Waals surface area contributed by atoms with E-state index in [9.17, 15) is 4.79 Å². The zero-order valence-electron chi connectivity index (χ0n) is 13.4. The van der Waals surface area contributed by atoms with E-state index in [2.05, 4.69) is 29.6 Å². The predicted molar refractivity (Wildman–Crippen MR) is 91.8 cm³/mol. The highest BCUT2D eigenvalue weighted by molar-refractivity contribution is 6.30. The zero-order chi connectivity index (χ0) is 17.0. The van der Waals surface area contributed by atoms with Gasteiger partial charge in [-0.15, -0.1) is 0 Å². The monoisotopic (exact) mass is 336 g/mol. The first kappa shape index (κ1) is 17.3. The highest BCUT2D eigenvalue weighted by Crippen LogP contribution is 2.26. The van der Waals surface area contributed by atoms with Gasteiger partial charge >= 0.3 is 0 Å². The molecule has 0 saturated carbocycles. The molecule has 0 bridgehead atoms. The minimum atomic E-state index is -0.541. The summed E-state index contributed by atoms with van der Waals surface area (Å²) < 4.78 is 1.67. The second-order valence-corrected chi connectivity index (χ2v) is 5.93. The third-order valence-electron chi connectivity index (χ3n) is 3.41. The number of hydrogen-bond acceptors (Lipinski definition) is 4. The van der Waals surface area contributed by atoms with E-state index < -0.39 is 12.5 Å². The fourth-order valence-electron chi connectivity index (χ4n) is 2.29. The van der Waals surface area contributed by atoms with Crippen molar-refractivity contribution >= 4 is 28.9 Å². The van der Waals surface area contributed by atoms with Crippen molar-refractivity contribution in [2.75, 3.05) is 17.2 Å². The second-order valence-electron chi connectivity index (χ2n) is 5.57. The van der Waals surface area contributed by atoms with E-state index in [4.69, 9.17) is 16.7 Å². The summed E-state index contributed by atoms with van der Waals surface area (Å²) in [5, 5.41) is 19.7. The number of rotatable bonds is 6. The van der Waals surface area contributed by atoms with Crippen LogP contribution in [0.25, 0.3) is 0 Å². The Hall–Kier alpha value is -2.05. The van der Waals surface area contributed by atoms with Crippen molar-refractivity contribution in [2.24, 2.45) is 7.05 Å². The molecule has 0 saturated heterocycles. The minimum absolute atomic E-state index is 0.278. The van der Waals surface area contributed by atoms with Gasteiger partial charge in [-0.1, -0.05) is 31.5 Å². The SMILES string of the molecule is CC(C)c1nn(C)c(Cl)c1CNc1cccc(NC(=O)CO)c1. The quantitative estimate of drug-likeness (QED) is 0.758. The molecule has 0 aliphatic rings. The van der Waals surface area contributed by atoms with Crippen LogP contribution in [0.2, 0.25) is 5.15 Å². The molecule has 0 fully saturated rings. The lowest BCUT2D eigenvalue weighted by atomic mass is 10.1. The highest BCUT2D eigenvalue weighted by Gasteiger charge is 2.16. The van der Waals surface area contributed by atoms with Crippen LogP contribution in [-0.4, -0.2) is 27.4 Å². The van der Waals surface area contributed by atoms with Crippen molar-refractivity contribution in [1.29, 1.82) is 0 Å². The number of nitrogens with one attached hydrogen (secondary N) is 2. The third kappa shape index (κ3) is 4.24. The van der Waals surface area contributed by atoms with Crippen LogP contribution >= 0.6 is 11.6 Å². The zero-order valence-corrected chi connectivity index (χ0v) is 14.2. The average molecular weight is 337 g/mol. The molecule has 0 spiro atoms. The Morgan fingerprint density at radius 3 is 2.74 bits per heavy atom. The molecule has 3 N–H and O–H groups in total. The maximum absolute atomic E-state index is 11.2. The molecule has 0 radical (unpaired) electrons. The van der Waals surface area contributed by atoms with E-state index in [-0.39, 0.29) is 5.92 Å². The summed E-state index contributed by atoms with van der Waals surface area (Å²) in [6, 6.07) is 7.28. The van der Waals surface area contributed by atoms with E-state index in [1.54, 1.807) is 16.8 Å². The summed E-state index contributed by atoms with van der Waals surface area (Å²) in [6.45, 7) is 4.15. The molecule has 0 atom stereocenters. The Balaban J connectivity index is 2.12. The molecule has 0 aliphatic carbocycles. The molecule has 23 heavy (non-hydrogen) atoms. The van der Waals surface area contributed by atoms with Crippen LogP contribution in [-0.2, 0) is 18.4 Å². The molecule has 1 amide bonds. The fourth-order valence-corrected chi connectivity index (χ4v) is 2.49. The third-order valence-corrected chi connectivity index (χ3v) is 3.88. The Morgan fingerprint density at radius 1 is 1.39 bits per heavy atom. The molecule has 0 aliphatic heterocycles. The standard InChI is InChI=1S/C16H21ClN4O2/c1-10(2)15-13(16(17)21(3)20-15)8-18-11-5-4-6-12(7-11)19-14(23)9-22/h4-7,10,18,22H,8-9H2,1-3H3,(H,19,23). The van der Waals surface area contributed by atoms with Crippen LogP contribution in [0.15, 0.2) is 24.3 Å². The first-order valence-corrected chi connectivity index (χ1v) is 7.76. The van der Waals surface area contributed by atoms with Crippen LogP contribution in [0.1, 0.15) is 31.0 Å². The second kappa shape index (κ2) is 7.48. The van der Waals surface area contributed by atoms with Crippen LogP contribution in [0, 0.1) is 0 Å². The van der Waals surface area contributed by atoms with Crippen LogP contribution in [0.4, 0.5) is 11.4 Å². The Labute approximate surface area is 140 Å². The number of nitrogens with zero attached hydrogens (tertiary/aromatic N) is 2. The van der Waals surface area contributed by atoms with E-state index in [1.807, 2.05) is 19.2 Å². The lowest BCUT2D eigenvalue weighted by Crippen LogP contribution is -2.15. The summed E-state index contributed by atoms with van der Waals surface area (Å²) in [6.07, 6.45) is 0. The number of anilines is 2. The molecule has 2 aromatic rings. The number of hydrogen-bond donors (Lipinski definition) is 3. The number of amides is 1. The van der Waals surface area contributed by atoms with Crippen LogP contribution in [0.3, 0.4) is 0 Å². The first-order chi connectivity index (χ1) is 10.9. The number of carbonyl (C=O) groups excluding carboxylic acids is 1. The number of halogens is 1. The summed E-state index contributed by atoms with van der Waals surface area (Å²) in [7, 11) is 1.82. The lowest BCUT2D eigenvalue weighted by Gasteiger charge is -2.10. The average Bonchev–Trinajstić information content (AvgIpc) is 2.81. The molecule has 124 valence electrons. The number of aromatic nitrogens is 2. The van der Waals surface area contributed by atoms with Crippen molar-refractivity contribution in [3.63, 3.8) is 0 Å². The van der Waals surface area contributed by atoms with Gasteiger partial charge < -0.3 is 15.7 Å². The topological polar surface area (TPSA) is 79.2 Å². The van der Waals surface area contributed by atoms with Gasteiger partial charge in [0.15, 0.2) is 0 Å². The van der Waals surface area contributed by atoms with Crippen molar-refractivity contribution in [3.8, 4) is 0 Å². The summed E-state index contributed by atoms with van der Waals surface area (Å²) in [4.78, 5) is 11.2. The maximum atomic E-state index is 11.2. The fraction of sp³-hybridized carbons (Fsp3) is 0.375. The number of aliphatic hydroxyl groups is 1. The van der Waals surface area contributed by atoms with E-state index >= 15 is 0 Å². The van der Waals surface area contributed by atoms with Crippen molar-refractivity contribution < 1.29 is 9.90 Å². The Kier molecular flexibility index (Phi) is 5.63. The first-order valence-electron chi connectivity index (χ1n) is 7.38. The van der Waals surface area contributed by atoms with Crippen molar-refractivity contribution in [1.82, 2.24) is 9.78 Å². The van der Waals surface area contributed by atoms with Gasteiger partial charge in [-0.3, -0.25) is 9.48 Å². The van der Waals surface area contributed by atoms with Gasteiger partial charge in [-0.2, -0.15) is 5.10 Å². The minimum Gasteiger partial charge on any atom is -0.387 e. The molecule has 1 aromatic heterocycles. The van der Waals surface area contributed by atoms with Gasteiger partial charge in [-0.25, -0.2) is 0 Å². The molecule has 1 aromatic carbocycles. The summed E-state index contributed by atoms with van der Waals surface area (Å²) in [5.41, 5.74) is 3.40. The van der Waals surface area contributed by atoms with Crippen LogP contribution < -0.4 is 10.6 Å². The van der Waals surface area contributed by atoms with Crippen molar-refractivity contribution in [3.05, 3.63) is 40.7 Å². The highest BCUT2D eigenvalue weighted by atomic mass is 35.5. The number of aliphatic hydroxyl groups excluding tert-OH is 1. The Morgan fingerprint density at radius 2 is 2.09 bits per heavy atom. The smallest absolute Gasteiger partial charge is 0.250 e. The Bertz CT molecular complexity index is 697.